The largest absolute Gasteiger partial charge is 0.392 e. The molecular weight excluding hydrogens is 880 g/mol. The van der Waals surface area contributed by atoms with Gasteiger partial charge in [-0.3, -0.25) is 39.1 Å². The van der Waals surface area contributed by atoms with Crippen LogP contribution in [0.4, 0.5) is 23.0 Å². The zero-order chi connectivity index (χ0) is 44.6. The number of aryl methyl sites for hydroxylation is 1. The van der Waals surface area contributed by atoms with E-state index in [4.69, 9.17) is 0 Å². The fourth-order valence-electron chi connectivity index (χ4n) is 10.2. The number of hydrogen-bond acceptors (Lipinski definition) is 11. The third-order valence-corrected chi connectivity index (χ3v) is 14.1. The molecule has 4 aliphatic heterocycles. The lowest BCUT2D eigenvalue weighted by Gasteiger charge is -2.36. The summed E-state index contributed by atoms with van der Waals surface area (Å²) >= 11 is 3.69. The molecule has 4 aromatic heterocycles. The van der Waals surface area contributed by atoms with E-state index < -0.39 is 11.9 Å². The van der Waals surface area contributed by atoms with Crippen LogP contribution in [0, 0.1) is 5.41 Å². The molecule has 0 bridgehead atoms. The molecule has 1 aromatic carbocycles. The minimum absolute atomic E-state index is 0.136. The van der Waals surface area contributed by atoms with Gasteiger partial charge in [0.15, 0.2) is 0 Å². The Kier molecular flexibility index (Phi) is 10.5. The fourth-order valence-corrected chi connectivity index (χ4v) is 10.6. The number of aromatic nitrogens is 4. The lowest BCUT2D eigenvalue weighted by Crippen LogP contribution is -2.52. The number of hydrogen-bond donors (Lipinski definition) is 3. The second kappa shape index (κ2) is 16.1. The summed E-state index contributed by atoms with van der Waals surface area (Å²) in [4.78, 5) is 82.1. The van der Waals surface area contributed by atoms with Crippen LogP contribution in [-0.4, -0.2) is 96.4 Å². The zero-order valence-electron chi connectivity index (χ0n) is 36.0. The standard InChI is InChI=1S/C47H49BrN10O6/c1-47(2)20-27-18-38-46(64)57(15-14-56(38)39(27)21-47)42-34(26-59)32(8-9-49-42)29-17-36(45(63)53(3)23-29)51-40-6-4-31(22-50-40)55-12-10-54(11-13-55)24-30-16-28-25-58(44(62)33(28)19-35(30)48)37-5-7-41(60)52-43(37)61/h4,6,8-9,16-19,22-23,37,59H,5,7,10-15,20-21,24-26H2,1-3H3,(H,50,51)(H,52,60,61). The smallest absolute Gasteiger partial charge is 0.276 e. The molecule has 17 heteroatoms. The number of carbonyl (C=O) groups excluding carboxylic acids is 4. The van der Waals surface area contributed by atoms with E-state index in [1.165, 1.54) is 15.8 Å². The number of piperazine rings is 1. The second-order valence-corrected chi connectivity index (χ2v) is 19.1. The highest BCUT2D eigenvalue weighted by Gasteiger charge is 2.40. The molecule has 8 heterocycles. The Labute approximate surface area is 378 Å². The normalized spacial score (nSPS) is 19.5. The van der Waals surface area contributed by atoms with Crippen LogP contribution in [0.3, 0.4) is 0 Å². The van der Waals surface area contributed by atoms with E-state index in [0.717, 1.165) is 60.3 Å². The molecule has 0 saturated carbocycles. The number of aliphatic hydroxyl groups is 1. The van der Waals surface area contributed by atoms with Crippen molar-refractivity contribution in [2.24, 2.45) is 12.5 Å². The van der Waals surface area contributed by atoms with Crippen LogP contribution in [0.15, 0.2) is 70.3 Å². The Morgan fingerprint density at radius 2 is 1.72 bits per heavy atom. The Balaban J connectivity index is 0.793. The molecular formula is C47H49BrN10O6. The summed E-state index contributed by atoms with van der Waals surface area (Å²) in [6.45, 7) is 9.43. The molecule has 5 aromatic rings. The number of halogens is 1. The molecule has 64 heavy (non-hydrogen) atoms. The van der Waals surface area contributed by atoms with Crippen molar-refractivity contribution in [1.29, 1.82) is 0 Å². The Hall–Kier alpha value is -6.17. The minimum atomic E-state index is -0.651. The summed E-state index contributed by atoms with van der Waals surface area (Å²) in [6, 6.07) is 12.7. The van der Waals surface area contributed by atoms with Gasteiger partial charge < -0.3 is 29.4 Å². The van der Waals surface area contributed by atoms with E-state index in [2.05, 4.69) is 70.8 Å². The second-order valence-electron chi connectivity index (χ2n) is 18.3. The number of anilines is 4. The first-order valence-corrected chi connectivity index (χ1v) is 22.5. The number of carbonyl (C=O) groups is 4. The number of piperidine rings is 1. The highest BCUT2D eigenvalue weighted by atomic mass is 79.9. The van der Waals surface area contributed by atoms with Crippen molar-refractivity contribution in [2.45, 2.75) is 71.8 Å². The minimum Gasteiger partial charge on any atom is -0.392 e. The van der Waals surface area contributed by atoms with E-state index >= 15 is 0 Å². The topological polar surface area (TPSA) is 178 Å². The van der Waals surface area contributed by atoms with Gasteiger partial charge >= 0.3 is 0 Å². The molecule has 1 atom stereocenters. The maximum atomic E-state index is 14.0. The van der Waals surface area contributed by atoms with E-state index in [-0.39, 0.29) is 41.7 Å². The summed E-state index contributed by atoms with van der Waals surface area (Å²) in [7, 11) is 1.68. The first-order valence-electron chi connectivity index (χ1n) is 21.7. The van der Waals surface area contributed by atoms with Crippen molar-refractivity contribution in [3.63, 3.8) is 0 Å². The summed E-state index contributed by atoms with van der Waals surface area (Å²) in [5, 5.41) is 16.3. The number of amides is 4. The summed E-state index contributed by atoms with van der Waals surface area (Å²) < 4.78 is 4.49. The molecule has 3 N–H and O–H groups in total. The third kappa shape index (κ3) is 7.48. The van der Waals surface area contributed by atoms with Crippen LogP contribution < -0.4 is 26.0 Å². The van der Waals surface area contributed by atoms with Gasteiger partial charge in [0.05, 0.1) is 18.5 Å². The van der Waals surface area contributed by atoms with Crippen LogP contribution in [0.1, 0.15) is 75.5 Å². The lowest BCUT2D eigenvalue weighted by atomic mass is 9.90. The quantitative estimate of drug-likeness (QED) is 0.177. The fraction of sp³-hybridized carbons (Fsp3) is 0.383. The maximum Gasteiger partial charge on any atom is 0.276 e. The average Bonchev–Trinajstić information content (AvgIpc) is 3.89. The molecule has 2 fully saturated rings. The summed E-state index contributed by atoms with van der Waals surface area (Å²) in [6.07, 6.45) is 7.58. The van der Waals surface area contributed by atoms with Gasteiger partial charge in [0, 0.05) is 105 Å². The van der Waals surface area contributed by atoms with Gasteiger partial charge in [-0.1, -0.05) is 35.8 Å². The Morgan fingerprint density at radius 3 is 2.47 bits per heavy atom. The first kappa shape index (κ1) is 41.8. The molecule has 0 spiro atoms. The predicted octanol–water partition coefficient (Wildman–Crippen LogP) is 4.51. The molecule has 1 unspecified atom stereocenters. The van der Waals surface area contributed by atoms with Crippen LogP contribution in [0.2, 0.25) is 0 Å². The number of fused-ring (bicyclic) bond motifs is 4. The number of nitrogens with one attached hydrogen (secondary N) is 2. The molecule has 2 saturated heterocycles. The van der Waals surface area contributed by atoms with Crippen molar-refractivity contribution < 1.29 is 24.3 Å². The number of imide groups is 1. The first-order chi connectivity index (χ1) is 30.7. The van der Waals surface area contributed by atoms with E-state index in [0.29, 0.717) is 77.9 Å². The van der Waals surface area contributed by atoms with Crippen LogP contribution in [-0.2, 0) is 55.7 Å². The highest BCUT2D eigenvalue weighted by molar-refractivity contribution is 9.10. The number of rotatable bonds is 9. The van der Waals surface area contributed by atoms with Crippen LogP contribution >= 0.6 is 15.9 Å². The van der Waals surface area contributed by atoms with Gasteiger partial charge in [-0.25, -0.2) is 9.97 Å². The van der Waals surface area contributed by atoms with Crippen molar-refractivity contribution in [3.05, 3.63) is 115 Å². The third-order valence-electron chi connectivity index (χ3n) is 13.4. The average molecular weight is 930 g/mol. The van der Waals surface area contributed by atoms with Crippen LogP contribution in [0.5, 0.6) is 0 Å². The predicted molar refractivity (Wildman–Crippen MR) is 243 cm³/mol. The number of nitrogens with zero attached hydrogens (tertiary/aromatic N) is 8. The van der Waals surface area contributed by atoms with E-state index in [1.807, 2.05) is 24.3 Å². The van der Waals surface area contributed by atoms with Crippen LogP contribution in [0.25, 0.3) is 11.1 Å². The Bertz CT molecular complexity index is 2830. The lowest BCUT2D eigenvalue weighted by molar-refractivity contribution is -0.136. The van der Waals surface area contributed by atoms with Crippen molar-refractivity contribution in [2.75, 3.05) is 47.8 Å². The summed E-state index contributed by atoms with van der Waals surface area (Å²) in [5.41, 5.74) is 8.71. The van der Waals surface area contributed by atoms with Gasteiger partial charge in [-0.05, 0) is 83.3 Å². The number of pyridine rings is 3. The molecule has 0 radical (unpaired) electrons. The van der Waals surface area contributed by atoms with Crippen molar-refractivity contribution >= 4 is 62.6 Å². The van der Waals surface area contributed by atoms with Gasteiger partial charge in [-0.2, -0.15) is 0 Å². The molecule has 1 aliphatic carbocycles. The number of benzene rings is 1. The molecule has 5 aliphatic rings. The van der Waals surface area contributed by atoms with Crippen molar-refractivity contribution in [1.82, 2.24) is 34.2 Å². The van der Waals surface area contributed by atoms with Gasteiger partial charge in [0.25, 0.3) is 17.4 Å². The molecule has 4 amide bonds. The Morgan fingerprint density at radius 1 is 0.906 bits per heavy atom. The molecule has 16 nitrogen and oxygen atoms in total. The van der Waals surface area contributed by atoms with E-state index in [1.54, 1.807) is 47.6 Å². The van der Waals surface area contributed by atoms with Gasteiger partial charge in [0.2, 0.25) is 11.8 Å². The SMILES string of the molecule is Cn1cc(-c2ccnc(N3CCn4c(cc5c4CC(C)(C)C5)C3=O)c2CO)cc(Nc2ccc(N3CCN(Cc4cc5c(cc4Br)C(=O)N(C4CCC(=O)NC4=O)C5)CC3)cn2)c1=O. The highest BCUT2D eigenvalue weighted by Crippen LogP contribution is 2.40. The van der Waals surface area contributed by atoms with Gasteiger partial charge in [-0.15, -0.1) is 0 Å². The van der Waals surface area contributed by atoms with Gasteiger partial charge in [0.1, 0.15) is 29.1 Å². The maximum absolute atomic E-state index is 14.0. The molecule has 10 rings (SSSR count). The summed E-state index contributed by atoms with van der Waals surface area (Å²) in [5.74, 6) is -0.140. The number of aliphatic hydroxyl groups excluding tert-OH is 1. The monoisotopic (exact) mass is 928 g/mol. The molecule has 330 valence electrons. The van der Waals surface area contributed by atoms with Crippen molar-refractivity contribution in [3.8, 4) is 11.1 Å². The zero-order valence-corrected chi connectivity index (χ0v) is 37.6. The van der Waals surface area contributed by atoms with E-state index in [9.17, 15) is 29.1 Å².